The minimum Gasteiger partial charge on any atom is -0.381 e. The zero-order chi connectivity index (χ0) is 13.8. The van der Waals surface area contributed by atoms with Crippen LogP contribution in [0.1, 0.15) is 12.1 Å². The highest BCUT2D eigenvalue weighted by Gasteiger charge is 2.18. The van der Waals surface area contributed by atoms with Crippen LogP contribution in [-0.2, 0) is 11.3 Å². The predicted molar refractivity (Wildman–Crippen MR) is 82.8 cm³/mol. The Bertz CT molecular complexity index is 534. The normalized spacial score (nSPS) is 18.8. The topological polar surface area (TPSA) is 25.4 Å². The molecular formula is C16H20N2OS. The molecule has 0 spiro atoms. The fraction of sp³-hybridized carbons (Fsp3) is 0.438. The predicted octanol–water partition coefficient (Wildman–Crippen LogP) is 3.28. The first-order valence-electron chi connectivity index (χ1n) is 7.07. The van der Waals surface area contributed by atoms with E-state index < -0.39 is 0 Å². The van der Waals surface area contributed by atoms with Crippen LogP contribution in [0.25, 0.3) is 10.6 Å². The van der Waals surface area contributed by atoms with Crippen LogP contribution in [0.5, 0.6) is 0 Å². The Labute approximate surface area is 124 Å². The van der Waals surface area contributed by atoms with E-state index in [1.165, 1.54) is 12.0 Å². The van der Waals surface area contributed by atoms with Gasteiger partial charge in [0.1, 0.15) is 5.01 Å². The molecule has 1 atom stereocenters. The summed E-state index contributed by atoms with van der Waals surface area (Å²) in [6.07, 6.45) is 1.19. The van der Waals surface area contributed by atoms with Gasteiger partial charge in [-0.15, -0.1) is 11.3 Å². The maximum atomic E-state index is 5.43. The minimum absolute atomic E-state index is 0.687. The van der Waals surface area contributed by atoms with E-state index in [9.17, 15) is 0 Å². The molecule has 4 heteroatoms. The quantitative estimate of drug-likeness (QED) is 0.844. The highest BCUT2D eigenvalue weighted by molar-refractivity contribution is 7.13. The molecule has 106 valence electrons. The Kier molecular flexibility index (Phi) is 4.45. The second-order valence-corrected chi connectivity index (χ2v) is 6.29. The lowest BCUT2D eigenvalue weighted by Gasteiger charge is -2.18. The van der Waals surface area contributed by atoms with Crippen LogP contribution in [0.4, 0.5) is 0 Å². The van der Waals surface area contributed by atoms with Gasteiger partial charge in [0.25, 0.3) is 0 Å². The Hall–Kier alpha value is -1.23. The van der Waals surface area contributed by atoms with E-state index in [1.54, 1.807) is 11.3 Å². The Morgan fingerprint density at radius 2 is 2.20 bits per heavy atom. The number of rotatable bonds is 5. The molecule has 0 N–H and O–H groups in total. The van der Waals surface area contributed by atoms with E-state index in [-0.39, 0.29) is 0 Å². The molecule has 1 fully saturated rings. The van der Waals surface area contributed by atoms with Crippen LogP contribution in [0, 0.1) is 5.92 Å². The third kappa shape index (κ3) is 3.45. The van der Waals surface area contributed by atoms with Gasteiger partial charge in [-0.25, -0.2) is 4.98 Å². The van der Waals surface area contributed by atoms with E-state index in [4.69, 9.17) is 9.72 Å². The molecule has 2 aromatic rings. The molecule has 1 aromatic carbocycles. The standard InChI is InChI=1S/C16H20N2OS/c1-18(9-13-7-8-19-11-13)10-15-12-20-16(17-15)14-5-3-2-4-6-14/h2-6,12-13H,7-11H2,1H3/t13-/m0/s1. The summed E-state index contributed by atoms with van der Waals surface area (Å²) >= 11 is 1.72. The number of nitrogens with zero attached hydrogens (tertiary/aromatic N) is 2. The number of hydrogen-bond acceptors (Lipinski definition) is 4. The number of benzene rings is 1. The highest BCUT2D eigenvalue weighted by Crippen LogP contribution is 2.24. The second kappa shape index (κ2) is 6.48. The van der Waals surface area contributed by atoms with Crippen molar-refractivity contribution in [3.05, 3.63) is 41.4 Å². The van der Waals surface area contributed by atoms with E-state index in [0.29, 0.717) is 5.92 Å². The first kappa shape index (κ1) is 13.7. The third-order valence-corrected chi connectivity index (χ3v) is 4.54. The van der Waals surface area contributed by atoms with Crippen LogP contribution in [0.15, 0.2) is 35.7 Å². The molecule has 0 amide bonds. The van der Waals surface area contributed by atoms with E-state index in [0.717, 1.165) is 37.0 Å². The van der Waals surface area contributed by atoms with Gasteiger partial charge in [-0.1, -0.05) is 30.3 Å². The monoisotopic (exact) mass is 288 g/mol. The first-order chi connectivity index (χ1) is 9.81. The van der Waals surface area contributed by atoms with Crippen LogP contribution in [-0.4, -0.2) is 36.7 Å². The van der Waals surface area contributed by atoms with Crippen molar-refractivity contribution in [3.63, 3.8) is 0 Å². The van der Waals surface area contributed by atoms with Gasteiger partial charge in [-0.2, -0.15) is 0 Å². The number of aromatic nitrogens is 1. The lowest BCUT2D eigenvalue weighted by molar-refractivity contribution is 0.172. The van der Waals surface area contributed by atoms with Gasteiger partial charge in [0, 0.05) is 30.6 Å². The molecule has 1 aliphatic heterocycles. The van der Waals surface area contributed by atoms with Crippen LogP contribution < -0.4 is 0 Å². The van der Waals surface area contributed by atoms with Crippen molar-refractivity contribution in [3.8, 4) is 10.6 Å². The maximum absolute atomic E-state index is 5.43. The summed E-state index contributed by atoms with van der Waals surface area (Å²) in [6.45, 7) is 3.85. The number of thiazole rings is 1. The lowest BCUT2D eigenvalue weighted by Crippen LogP contribution is -2.25. The molecule has 0 radical (unpaired) electrons. The van der Waals surface area contributed by atoms with Gasteiger partial charge < -0.3 is 9.64 Å². The summed E-state index contributed by atoms with van der Waals surface area (Å²) in [5.41, 5.74) is 2.37. The molecule has 0 unspecified atom stereocenters. The van der Waals surface area contributed by atoms with Crippen molar-refractivity contribution in [1.29, 1.82) is 0 Å². The van der Waals surface area contributed by atoms with E-state index in [1.807, 2.05) is 6.07 Å². The summed E-state index contributed by atoms with van der Waals surface area (Å²) in [7, 11) is 2.17. The molecule has 1 saturated heterocycles. The van der Waals surface area contributed by atoms with Crippen LogP contribution in [0.2, 0.25) is 0 Å². The highest BCUT2D eigenvalue weighted by atomic mass is 32.1. The Morgan fingerprint density at radius 3 is 2.95 bits per heavy atom. The first-order valence-corrected chi connectivity index (χ1v) is 7.95. The van der Waals surface area contributed by atoms with Crippen molar-refractivity contribution in [2.75, 3.05) is 26.8 Å². The number of hydrogen-bond donors (Lipinski definition) is 0. The molecule has 20 heavy (non-hydrogen) atoms. The van der Waals surface area contributed by atoms with Crippen molar-refractivity contribution < 1.29 is 4.74 Å². The maximum Gasteiger partial charge on any atom is 0.123 e. The van der Waals surface area contributed by atoms with Crippen molar-refractivity contribution in [2.45, 2.75) is 13.0 Å². The van der Waals surface area contributed by atoms with Gasteiger partial charge in [-0.3, -0.25) is 0 Å². The lowest BCUT2D eigenvalue weighted by atomic mass is 10.1. The summed E-state index contributed by atoms with van der Waals surface area (Å²) in [6, 6.07) is 10.4. The largest absolute Gasteiger partial charge is 0.381 e. The zero-order valence-electron chi connectivity index (χ0n) is 11.8. The van der Waals surface area contributed by atoms with Crippen molar-refractivity contribution in [2.24, 2.45) is 5.92 Å². The molecule has 1 aliphatic rings. The van der Waals surface area contributed by atoms with E-state index >= 15 is 0 Å². The van der Waals surface area contributed by atoms with Gasteiger partial charge in [0.15, 0.2) is 0 Å². The molecule has 1 aromatic heterocycles. The molecule has 0 saturated carbocycles. The molecule has 0 bridgehead atoms. The number of ether oxygens (including phenoxy) is 1. The van der Waals surface area contributed by atoms with Crippen LogP contribution >= 0.6 is 11.3 Å². The average Bonchev–Trinajstić information content (AvgIpc) is 3.11. The summed E-state index contributed by atoms with van der Waals surface area (Å²) < 4.78 is 5.43. The van der Waals surface area contributed by atoms with Gasteiger partial charge in [0.05, 0.1) is 12.3 Å². The van der Waals surface area contributed by atoms with Crippen molar-refractivity contribution in [1.82, 2.24) is 9.88 Å². The minimum atomic E-state index is 0.687. The second-order valence-electron chi connectivity index (χ2n) is 5.44. The Balaban J connectivity index is 1.59. The molecule has 0 aliphatic carbocycles. The van der Waals surface area contributed by atoms with E-state index in [2.05, 4.69) is 41.6 Å². The van der Waals surface area contributed by atoms with Crippen LogP contribution in [0.3, 0.4) is 0 Å². The summed E-state index contributed by atoms with van der Waals surface area (Å²) in [5, 5.41) is 3.28. The van der Waals surface area contributed by atoms with Crippen molar-refractivity contribution >= 4 is 11.3 Å². The smallest absolute Gasteiger partial charge is 0.123 e. The molecule has 3 rings (SSSR count). The third-order valence-electron chi connectivity index (χ3n) is 3.60. The molecular weight excluding hydrogens is 268 g/mol. The SMILES string of the molecule is CN(Cc1csc(-c2ccccc2)n1)C[C@@H]1CCOC1. The van der Waals surface area contributed by atoms with Gasteiger partial charge in [0.2, 0.25) is 0 Å². The summed E-state index contributed by atoms with van der Waals surface area (Å²) in [5.74, 6) is 0.687. The average molecular weight is 288 g/mol. The fourth-order valence-electron chi connectivity index (χ4n) is 2.60. The Morgan fingerprint density at radius 1 is 1.35 bits per heavy atom. The fourth-order valence-corrected chi connectivity index (χ4v) is 3.42. The van der Waals surface area contributed by atoms with Gasteiger partial charge >= 0.3 is 0 Å². The van der Waals surface area contributed by atoms with Gasteiger partial charge in [-0.05, 0) is 19.4 Å². The summed E-state index contributed by atoms with van der Waals surface area (Å²) in [4.78, 5) is 7.09. The molecule has 3 nitrogen and oxygen atoms in total. The zero-order valence-corrected chi connectivity index (χ0v) is 12.6. The molecule has 2 heterocycles.